The Morgan fingerprint density at radius 1 is 0.655 bits per heavy atom. The summed E-state index contributed by atoms with van der Waals surface area (Å²) in [4.78, 5) is 5.23. The first kappa shape index (κ1) is 25.4. The number of likely N-dealkylation sites (tertiary alicyclic amines) is 2. The number of halogens is 2. The molecule has 2 aliphatic carbocycles. The molecule has 0 saturated carbocycles. The Bertz CT molecular complexity index is 497. The van der Waals surface area contributed by atoms with Crippen LogP contribution in [-0.4, -0.2) is 49.1 Å². The van der Waals surface area contributed by atoms with Crippen LogP contribution in [0.2, 0.25) is 0 Å². The van der Waals surface area contributed by atoms with Gasteiger partial charge in [0, 0.05) is 13.1 Å². The minimum atomic E-state index is -0.556. The van der Waals surface area contributed by atoms with Crippen molar-refractivity contribution in [1.29, 1.82) is 0 Å². The number of allylic oxidation sites excluding steroid dienone is 6. The molecule has 4 rings (SSSR count). The second kappa shape index (κ2) is 16.8. The molecule has 162 valence electrons. The van der Waals surface area contributed by atoms with Gasteiger partial charge in [0.05, 0.1) is 0 Å². The van der Waals surface area contributed by atoms with Crippen LogP contribution in [0.15, 0.2) is 47.6 Å². The van der Waals surface area contributed by atoms with E-state index in [2.05, 4.69) is 46.3 Å². The zero-order chi connectivity index (χ0) is 20.6. The van der Waals surface area contributed by atoms with E-state index in [0.29, 0.717) is 0 Å². The molecular formula is C24H38Cl2N2Ti. The van der Waals surface area contributed by atoms with Crippen molar-refractivity contribution in [1.82, 2.24) is 9.80 Å². The van der Waals surface area contributed by atoms with E-state index in [4.69, 9.17) is 18.6 Å². The molecular weight excluding hydrogens is 435 g/mol. The van der Waals surface area contributed by atoms with Gasteiger partial charge in [-0.1, -0.05) is 60.4 Å². The van der Waals surface area contributed by atoms with E-state index in [0.717, 1.165) is 0 Å². The topological polar surface area (TPSA) is 6.48 Å². The molecule has 29 heavy (non-hydrogen) atoms. The van der Waals surface area contributed by atoms with Crippen LogP contribution in [0.3, 0.4) is 0 Å². The molecule has 0 bridgehead atoms. The first-order valence-corrected chi connectivity index (χ1v) is 15.7. The van der Waals surface area contributed by atoms with Crippen LogP contribution in [0.25, 0.3) is 0 Å². The van der Waals surface area contributed by atoms with Gasteiger partial charge in [0.15, 0.2) is 0 Å². The van der Waals surface area contributed by atoms with Crippen molar-refractivity contribution in [3.05, 3.63) is 47.6 Å². The van der Waals surface area contributed by atoms with E-state index < -0.39 is 17.0 Å². The fourth-order valence-corrected chi connectivity index (χ4v) is 4.32. The van der Waals surface area contributed by atoms with Gasteiger partial charge in [-0.05, 0) is 77.5 Å². The van der Waals surface area contributed by atoms with E-state index in [1.54, 1.807) is 11.1 Å². The van der Waals surface area contributed by atoms with Crippen molar-refractivity contribution in [3.8, 4) is 0 Å². The first-order valence-electron chi connectivity index (χ1n) is 11.4. The van der Waals surface area contributed by atoms with Crippen molar-refractivity contribution in [2.45, 2.75) is 64.2 Å². The zero-order valence-corrected chi connectivity index (χ0v) is 21.0. The molecule has 5 heteroatoms. The molecule has 4 aliphatic rings. The fourth-order valence-electron chi connectivity index (χ4n) is 4.32. The number of hydrogen-bond acceptors (Lipinski definition) is 2. The Labute approximate surface area is 195 Å². The molecule has 0 unspecified atom stereocenters. The van der Waals surface area contributed by atoms with Crippen molar-refractivity contribution < 1.29 is 17.0 Å². The van der Waals surface area contributed by atoms with Crippen molar-refractivity contribution >= 4 is 18.6 Å². The molecule has 0 aromatic heterocycles. The summed E-state index contributed by atoms with van der Waals surface area (Å²) in [6.45, 7) is 7.91. The Hall–Kier alpha value is 0.174. The Morgan fingerprint density at radius 3 is 1.34 bits per heavy atom. The normalized spacial score (nSPS) is 21.6. The summed E-state index contributed by atoms with van der Waals surface area (Å²) in [6, 6.07) is 0. The molecule has 2 saturated heterocycles. The second-order valence-corrected chi connectivity index (χ2v) is 10.9. The molecule has 0 aromatic rings. The summed E-state index contributed by atoms with van der Waals surface area (Å²) >= 11 is -0.556. The average molecular weight is 473 g/mol. The summed E-state index contributed by atoms with van der Waals surface area (Å²) in [5.74, 6) is 0. The maximum absolute atomic E-state index is 4.89. The standard InChI is InChI=1S/2C12H19N.2ClH.Ti/c2*1-4-9-13(10-5-1)11-8-12-6-2-3-7-12;;;/h2*2-3,6H,1,4-5,7-11H2;2*1H;/q;;;;+2/p-2. The SMILES string of the molecule is C1=CCC(CCN2CCCCC2)=C1.C1=CCC(CCN2CCCCC2)=C1.[Cl][Ti][Cl]. The maximum atomic E-state index is 4.89. The molecule has 2 nitrogen and oxygen atoms in total. The first-order chi connectivity index (χ1) is 14.3. The van der Waals surface area contributed by atoms with Gasteiger partial charge in [0.25, 0.3) is 0 Å². The van der Waals surface area contributed by atoms with Crippen LogP contribution in [0.5, 0.6) is 0 Å². The van der Waals surface area contributed by atoms with Crippen LogP contribution in [0.4, 0.5) is 0 Å². The van der Waals surface area contributed by atoms with Gasteiger partial charge in [-0.25, -0.2) is 0 Å². The van der Waals surface area contributed by atoms with Gasteiger partial charge in [-0.15, -0.1) is 0 Å². The van der Waals surface area contributed by atoms with Crippen LogP contribution < -0.4 is 0 Å². The molecule has 0 N–H and O–H groups in total. The predicted octanol–water partition coefficient (Wildman–Crippen LogP) is 6.87. The summed E-state index contributed by atoms with van der Waals surface area (Å²) in [6.07, 6.45) is 27.0. The van der Waals surface area contributed by atoms with E-state index in [-0.39, 0.29) is 0 Å². The van der Waals surface area contributed by atoms with Crippen LogP contribution >= 0.6 is 18.6 Å². The van der Waals surface area contributed by atoms with Gasteiger partial charge < -0.3 is 9.80 Å². The Kier molecular flexibility index (Phi) is 14.7. The van der Waals surface area contributed by atoms with E-state index in [1.807, 2.05) is 0 Å². The van der Waals surface area contributed by atoms with Crippen molar-refractivity contribution in [2.75, 3.05) is 39.3 Å². The minimum absolute atomic E-state index is 0.556. The molecule has 0 spiro atoms. The third-order valence-corrected chi connectivity index (χ3v) is 6.09. The second-order valence-electron chi connectivity index (χ2n) is 8.29. The van der Waals surface area contributed by atoms with Crippen LogP contribution in [0, 0.1) is 0 Å². The summed E-state index contributed by atoms with van der Waals surface area (Å²) in [5, 5.41) is 0. The molecule has 0 aromatic carbocycles. The van der Waals surface area contributed by atoms with Gasteiger partial charge in [-0.3, -0.25) is 0 Å². The van der Waals surface area contributed by atoms with Gasteiger partial charge in [-0.2, -0.15) is 0 Å². The van der Waals surface area contributed by atoms with E-state index in [1.165, 1.54) is 103 Å². The number of nitrogens with zero attached hydrogens (tertiary/aromatic N) is 2. The average Bonchev–Trinajstić information content (AvgIpc) is 3.48. The van der Waals surface area contributed by atoms with Crippen molar-refractivity contribution in [3.63, 3.8) is 0 Å². The molecule has 0 amide bonds. The molecule has 0 radical (unpaired) electrons. The molecule has 2 heterocycles. The number of hydrogen-bond donors (Lipinski definition) is 0. The third-order valence-electron chi connectivity index (χ3n) is 6.09. The molecule has 2 fully saturated rings. The van der Waals surface area contributed by atoms with Gasteiger partial charge in [0.1, 0.15) is 0 Å². The fraction of sp³-hybridized carbons (Fsp3) is 0.667. The zero-order valence-electron chi connectivity index (χ0n) is 17.9. The number of rotatable bonds is 6. The summed E-state index contributed by atoms with van der Waals surface area (Å²) in [5.41, 5.74) is 3.23. The third kappa shape index (κ3) is 12.0. The van der Waals surface area contributed by atoms with Crippen LogP contribution in [0.1, 0.15) is 64.2 Å². The number of piperidine rings is 2. The summed E-state index contributed by atoms with van der Waals surface area (Å²) < 4.78 is 0. The van der Waals surface area contributed by atoms with Crippen molar-refractivity contribution in [2.24, 2.45) is 0 Å². The van der Waals surface area contributed by atoms with Crippen LogP contribution in [-0.2, 0) is 17.0 Å². The van der Waals surface area contributed by atoms with E-state index >= 15 is 0 Å². The predicted molar refractivity (Wildman–Crippen MR) is 125 cm³/mol. The van der Waals surface area contributed by atoms with Gasteiger partial charge >= 0.3 is 35.6 Å². The Balaban J connectivity index is 0.000000183. The van der Waals surface area contributed by atoms with E-state index in [9.17, 15) is 0 Å². The summed E-state index contributed by atoms with van der Waals surface area (Å²) in [7, 11) is 9.78. The molecule has 0 atom stereocenters. The Morgan fingerprint density at radius 2 is 1.03 bits per heavy atom. The monoisotopic (exact) mass is 472 g/mol. The van der Waals surface area contributed by atoms with Gasteiger partial charge in [0.2, 0.25) is 0 Å². The molecule has 2 aliphatic heterocycles. The quantitative estimate of drug-likeness (QED) is 0.389.